The second kappa shape index (κ2) is 3.23. The molecule has 0 bridgehead atoms. The van der Waals surface area contributed by atoms with Crippen molar-refractivity contribution in [3.8, 4) is 0 Å². The summed E-state index contributed by atoms with van der Waals surface area (Å²) in [4.78, 5) is 2.61. The van der Waals surface area contributed by atoms with Crippen LogP contribution in [0.4, 0.5) is 18.9 Å². The lowest BCUT2D eigenvalue weighted by molar-refractivity contribution is -0.137. The first kappa shape index (κ1) is 9.81. The van der Waals surface area contributed by atoms with Gasteiger partial charge in [0.15, 0.2) is 4.98 Å². The molecular weight excluding hydrogens is 205 g/mol. The van der Waals surface area contributed by atoms with Gasteiger partial charge in [-0.25, -0.2) is 0 Å². The molecule has 0 heterocycles. The van der Waals surface area contributed by atoms with Gasteiger partial charge in [0, 0.05) is 6.07 Å². The first-order chi connectivity index (χ1) is 5.95. The standard InChI is InChI=1S/C7H3ClF3N2/c8-5-2-1-4(7(9,10)11)3-6(5)13-12/h1-3H/q+1. The van der Waals surface area contributed by atoms with Gasteiger partial charge >= 0.3 is 11.9 Å². The highest BCUT2D eigenvalue weighted by Gasteiger charge is 2.32. The van der Waals surface area contributed by atoms with Crippen molar-refractivity contribution in [2.24, 2.45) is 0 Å². The quantitative estimate of drug-likeness (QED) is 0.594. The van der Waals surface area contributed by atoms with E-state index >= 15 is 0 Å². The number of alkyl halides is 3. The van der Waals surface area contributed by atoms with E-state index < -0.39 is 11.7 Å². The maximum Gasteiger partial charge on any atom is 0.416 e. The summed E-state index contributed by atoms with van der Waals surface area (Å²) < 4.78 is 36.2. The first-order valence-corrected chi connectivity index (χ1v) is 3.55. The molecule has 0 radical (unpaired) electrons. The number of halogens is 4. The highest BCUT2D eigenvalue weighted by Crippen LogP contribution is 2.34. The fourth-order valence-corrected chi connectivity index (χ4v) is 0.921. The minimum Gasteiger partial charge on any atom is -0.166 e. The zero-order valence-electron chi connectivity index (χ0n) is 6.14. The molecule has 1 rings (SSSR count). The molecule has 1 aromatic carbocycles. The van der Waals surface area contributed by atoms with Gasteiger partial charge in [0.05, 0.1) is 5.56 Å². The van der Waals surface area contributed by atoms with Crippen LogP contribution in [0.15, 0.2) is 18.2 Å². The van der Waals surface area contributed by atoms with E-state index in [1.165, 1.54) is 0 Å². The van der Waals surface area contributed by atoms with Gasteiger partial charge in [-0.2, -0.15) is 13.2 Å². The minimum absolute atomic E-state index is 0.0319. The van der Waals surface area contributed by atoms with Crippen LogP contribution in [0, 0.1) is 5.39 Å². The van der Waals surface area contributed by atoms with Gasteiger partial charge in [-0.3, -0.25) is 0 Å². The fraction of sp³-hybridized carbons (Fsp3) is 0.143. The zero-order valence-corrected chi connectivity index (χ0v) is 6.89. The molecule has 6 heteroatoms. The Hall–Kier alpha value is -1.28. The largest absolute Gasteiger partial charge is 0.416 e. The maximum absolute atomic E-state index is 12.1. The third-order valence-corrected chi connectivity index (χ3v) is 1.70. The van der Waals surface area contributed by atoms with Crippen LogP contribution < -0.4 is 0 Å². The van der Waals surface area contributed by atoms with Crippen LogP contribution in [0.2, 0.25) is 5.02 Å². The topological polar surface area (TPSA) is 28.1 Å². The fourth-order valence-electron chi connectivity index (χ4n) is 0.766. The highest BCUT2D eigenvalue weighted by molar-refractivity contribution is 6.33. The summed E-state index contributed by atoms with van der Waals surface area (Å²) in [5.74, 6) is 0. The summed E-state index contributed by atoms with van der Waals surface area (Å²) in [5.41, 5.74) is -1.19. The predicted octanol–water partition coefficient (Wildman–Crippen LogP) is 3.84. The average molecular weight is 208 g/mol. The normalized spacial score (nSPS) is 11.0. The van der Waals surface area contributed by atoms with Gasteiger partial charge in [0.25, 0.3) is 0 Å². The average Bonchev–Trinajstić information content (AvgIpc) is 2.03. The van der Waals surface area contributed by atoms with Crippen molar-refractivity contribution in [3.05, 3.63) is 33.8 Å². The SMILES string of the molecule is N#[N+]c1cc(C(F)(F)F)ccc1Cl. The van der Waals surface area contributed by atoms with Gasteiger partial charge in [0.1, 0.15) is 5.02 Å². The molecule has 0 aliphatic carbocycles. The number of nitrogens with zero attached hydrogens (tertiary/aromatic N) is 2. The molecule has 68 valence electrons. The molecule has 0 aliphatic heterocycles. The van der Waals surface area contributed by atoms with Crippen molar-refractivity contribution in [1.29, 1.82) is 5.39 Å². The molecule has 0 unspecified atom stereocenters. The van der Waals surface area contributed by atoms with Crippen LogP contribution in [0.1, 0.15) is 5.56 Å². The van der Waals surface area contributed by atoms with Crippen LogP contribution in [0.3, 0.4) is 0 Å². The Morgan fingerprint density at radius 1 is 1.31 bits per heavy atom. The van der Waals surface area contributed by atoms with Crippen LogP contribution in [0.5, 0.6) is 0 Å². The highest BCUT2D eigenvalue weighted by atomic mass is 35.5. The van der Waals surface area contributed by atoms with E-state index in [4.69, 9.17) is 17.0 Å². The summed E-state index contributed by atoms with van der Waals surface area (Å²) in [6, 6.07) is 2.51. The molecule has 13 heavy (non-hydrogen) atoms. The second-order valence-corrected chi connectivity index (χ2v) is 2.67. The van der Waals surface area contributed by atoms with Crippen molar-refractivity contribution in [2.75, 3.05) is 0 Å². The van der Waals surface area contributed by atoms with E-state index in [0.717, 1.165) is 12.1 Å². The molecule has 0 amide bonds. The zero-order chi connectivity index (χ0) is 10.1. The number of diazo groups is 1. The smallest absolute Gasteiger partial charge is 0.166 e. The summed E-state index contributed by atoms with van der Waals surface area (Å²) in [5, 5.41) is 8.25. The van der Waals surface area contributed by atoms with Crippen LogP contribution in [-0.2, 0) is 6.18 Å². The second-order valence-electron chi connectivity index (χ2n) is 2.26. The number of hydrogen-bond acceptors (Lipinski definition) is 1. The third kappa shape index (κ3) is 2.10. The molecule has 0 spiro atoms. The van der Waals surface area contributed by atoms with Crippen LogP contribution >= 0.6 is 11.6 Å². The Balaban J connectivity index is 3.24. The third-order valence-electron chi connectivity index (χ3n) is 1.38. The number of benzene rings is 1. The lowest BCUT2D eigenvalue weighted by atomic mass is 10.2. The lowest BCUT2D eigenvalue weighted by Crippen LogP contribution is -2.03. The van der Waals surface area contributed by atoms with Crippen molar-refractivity contribution in [1.82, 2.24) is 0 Å². The molecule has 0 saturated carbocycles. The Kier molecular flexibility index (Phi) is 2.43. The summed E-state index contributed by atoms with van der Waals surface area (Å²) in [6.07, 6.45) is -4.45. The molecule has 0 aliphatic rings. The Morgan fingerprint density at radius 2 is 1.92 bits per heavy atom. The molecule has 0 atom stereocenters. The predicted molar refractivity (Wildman–Crippen MR) is 41.2 cm³/mol. The molecule has 0 saturated heterocycles. The summed E-state index contributed by atoms with van der Waals surface area (Å²) in [7, 11) is 0. The van der Waals surface area contributed by atoms with Gasteiger partial charge in [0.2, 0.25) is 5.39 Å². The maximum atomic E-state index is 12.1. The van der Waals surface area contributed by atoms with Gasteiger partial charge in [-0.1, -0.05) is 11.6 Å². The van der Waals surface area contributed by atoms with E-state index in [-0.39, 0.29) is 10.7 Å². The summed E-state index contributed by atoms with van der Waals surface area (Å²) >= 11 is 5.43. The Bertz CT molecular complexity index is 367. The van der Waals surface area contributed by atoms with E-state index in [1.54, 1.807) is 0 Å². The number of rotatable bonds is 0. The van der Waals surface area contributed by atoms with Crippen LogP contribution in [0.25, 0.3) is 4.98 Å². The molecular formula is C7H3ClF3N2+. The monoisotopic (exact) mass is 207 g/mol. The van der Waals surface area contributed by atoms with E-state index in [0.29, 0.717) is 6.07 Å². The van der Waals surface area contributed by atoms with Crippen molar-refractivity contribution in [2.45, 2.75) is 6.18 Å². The molecule has 1 aromatic rings. The van der Waals surface area contributed by atoms with Crippen molar-refractivity contribution < 1.29 is 13.2 Å². The van der Waals surface area contributed by atoms with E-state index in [2.05, 4.69) is 4.98 Å². The summed E-state index contributed by atoms with van der Waals surface area (Å²) in [6.45, 7) is 0. The van der Waals surface area contributed by atoms with E-state index in [9.17, 15) is 13.2 Å². The number of hydrogen-bond donors (Lipinski definition) is 0. The molecule has 0 fully saturated rings. The Labute approximate surface area is 76.6 Å². The van der Waals surface area contributed by atoms with Crippen LogP contribution in [-0.4, -0.2) is 0 Å². The van der Waals surface area contributed by atoms with E-state index in [1.807, 2.05) is 0 Å². The Morgan fingerprint density at radius 3 is 2.38 bits per heavy atom. The van der Waals surface area contributed by atoms with Crippen molar-refractivity contribution >= 4 is 17.3 Å². The van der Waals surface area contributed by atoms with Gasteiger partial charge in [-0.05, 0) is 12.1 Å². The molecule has 2 nitrogen and oxygen atoms in total. The lowest BCUT2D eigenvalue weighted by Gasteiger charge is -2.03. The van der Waals surface area contributed by atoms with Crippen molar-refractivity contribution in [3.63, 3.8) is 0 Å². The van der Waals surface area contributed by atoms with Gasteiger partial charge < -0.3 is 0 Å². The first-order valence-electron chi connectivity index (χ1n) is 3.17. The molecule has 0 N–H and O–H groups in total. The molecule has 0 aromatic heterocycles. The van der Waals surface area contributed by atoms with Gasteiger partial charge in [-0.15, -0.1) is 0 Å². The minimum atomic E-state index is -4.45.